The van der Waals surface area contributed by atoms with Crippen LogP contribution in [0.5, 0.6) is 0 Å². The zero-order chi connectivity index (χ0) is 14.1. The maximum atomic E-state index is 11.4. The van der Waals surface area contributed by atoms with Crippen LogP contribution in [0.15, 0.2) is 17.6 Å². The second-order valence-corrected chi connectivity index (χ2v) is 5.89. The van der Waals surface area contributed by atoms with E-state index < -0.39 is 0 Å². The number of nitrogens with zero attached hydrogens (tertiary/aromatic N) is 3. The summed E-state index contributed by atoms with van der Waals surface area (Å²) in [5, 5.41) is 20.6. The van der Waals surface area contributed by atoms with Crippen molar-refractivity contribution in [1.82, 2.24) is 4.98 Å². The number of nitro benzene ring substituents is 1. The lowest BCUT2D eigenvalue weighted by molar-refractivity contribution is -0.382. The molecule has 1 aromatic carbocycles. The van der Waals surface area contributed by atoms with Gasteiger partial charge in [0.15, 0.2) is 5.52 Å². The number of anilines is 1. The van der Waals surface area contributed by atoms with E-state index in [2.05, 4.69) is 4.98 Å². The summed E-state index contributed by atoms with van der Waals surface area (Å²) in [5.41, 5.74) is 2.86. The summed E-state index contributed by atoms with van der Waals surface area (Å²) in [6, 6.07) is 3.71. The van der Waals surface area contributed by atoms with Crippen LogP contribution in [-0.4, -0.2) is 34.7 Å². The van der Waals surface area contributed by atoms with Gasteiger partial charge in [-0.05, 0) is 30.9 Å². The fraction of sp³-hybridized carbons (Fsp3) is 0.462. The van der Waals surface area contributed by atoms with Crippen LogP contribution < -0.4 is 4.90 Å². The van der Waals surface area contributed by atoms with Crippen LogP contribution in [0.1, 0.15) is 12.8 Å². The van der Waals surface area contributed by atoms with Crippen molar-refractivity contribution in [2.75, 3.05) is 24.6 Å². The van der Waals surface area contributed by atoms with E-state index in [1.165, 1.54) is 11.3 Å². The van der Waals surface area contributed by atoms with Gasteiger partial charge in [0.1, 0.15) is 5.69 Å². The van der Waals surface area contributed by atoms with Crippen LogP contribution in [0.2, 0.25) is 0 Å². The molecule has 2 heterocycles. The van der Waals surface area contributed by atoms with Gasteiger partial charge in [0, 0.05) is 19.7 Å². The third kappa shape index (κ3) is 2.23. The maximum Gasteiger partial charge on any atom is 0.319 e. The van der Waals surface area contributed by atoms with Crippen LogP contribution in [0.25, 0.3) is 10.2 Å². The van der Waals surface area contributed by atoms with Crippen molar-refractivity contribution in [1.29, 1.82) is 0 Å². The molecule has 0 spiro atoms. The van der Waals surface area contributed by atoms with E-state index in [4.69, 9.17) is 5.11 Å². The molecular weight excluding hydrogens is 278 g/mol. The van der Waals surface area contributed by atoms with Crippen molar-refractivity contribution in [3.63, 3.8) is 0 Å². The Morgan fingerprint density at radius 3 is 2.85 bits per heavy atom. The van der Waals surface area contributed by atoms with Crippen LogP contribution in [0, 0.1) is 16.0 Å². The van der Waals surface area contributed by atoms with Gasteiger partial charge in [-0.2, -0.15) is 0 Å². The molecule has 0 saturated carbocycles. The van der Waals surface area contributed by atoms with Crippen molar-refractivity contribution < 1.29 is 10.0 Å². The smallest absolute Gasteiger partial charge is 0.319 e. The predicted molar refractivity (Wildman–Crippen MR) is 78.3 cm³/mol. The summed E-state index contributed by atoms with van der Waals surface area (Å²) < 4.78 is 0.839. The third-order valence-corrected chi connectivity index (χ3v) is 4.64. The molecule has 1 aromatic heterocycles. The summed E-state index contributed by atoms with van der Waals surface area (Å²) in [5.74, 6) is 0.313. The van der Waals surface area contributed by atoms with Gasteiger partial charge in [-0.15, -0.1) is 11.3 Å². The summed E-state index contributed by atoms with van der Waals surface area (Å²) in [4.78, 5) is 17.2. The molecule has 106 valence electrons. The Bertz CT molecular complexity index is 635. The van der Waals surface area contributed by atoms with Crippen LogP contribution in [0.3, 0.4) is 0 Å². The Hall–Kier alpha value is -1.73. The van der Waals surface area contributed by atoms with Gasteiger partial charge in [-0.3, -0.25) is 10.1 Å². The Balaban J connectivity index is 1.99. The lowest BCUT2D eigenvalue weighted by Crippen LogP contribution is -2.35. The Kier molecular flexibility index (Phi) is 3.54. The monoisotopic (exact) mass is 293 g/mol. The average molecular weight is 293 g/mol. The van der Waals surface area contributed by atoms with Crippen molar-refractivity contribution in [2.45, 2.75) is 12.8 Å². The van der Waals surface area contributed by atoms with Crippen LogP contribution in [0.4, 0.5) is 11.4 Å². The van der Waals surface area contributed by atoms with Crippen LogP contribution >= 0.6 is 11.3 Å². The highest BCUT2D eigenvalue weighted by molar-refractivity contribution is 7.16. The van der Waals surface area contributed by atoms with E-state index in [9.17, 15) is 10.1 Å². The van der Waals surface area contributed by atoms with E-state index in [1.807, 2.05) is 17.0 Å². The first-order valence-electron chi connectivity index (χ1n) is 6.57. The lowest BCUT2D eigenvalue weighted by Gasteiger charge is -2.32. The van der Waals surface area contributed by atoms with Gasteiger partial charge >= 0.3 is 5.69 Å². The molecule has 1 saturated heterocycles. The second-order valence-electron chi connectivity index (χ2n) is 5.00. The molecule has 0 amide bonds. The molecular formula is C13H15N3O3S. The number of aliphatic hydroxyl groups is 1. The Morgan fingerprint density at radius 2 is 2.20 bits per heavy atom. The van der Waals surface area contributed by atoms with Gasteiger partial charge < -0.3 is 10.0 Å². The van der Waals surface area contributed by atoms with E-state index in [-0.39, 0.29) is 17.2 Å². The molecule has 0 unspecified atom stereocenters. The highest BCUT2D eigenvalue weighted by Gasteiger charge is 2.27. The van der Waals surface area contributed by atoms with Crippen molar-refractivity contribution in [3.05, 3.63) is 27.8 Å². The van der Waals surface area contributed by atoms with Gasteiger partial charge in [0.05, 0.1) is 15.1 Å². The molecule has 1 aliphatic heterocycles. The molecule has 0 atom stereocenters. The number of rotatable bonds is 3. The number of aromatic nitrogens is 1. The van der Waals surface area contributed by atoms with Gasteiger partial charge in [-0.1, -0.05) is 0 Å². The third-order valence-electron chi connectivity index (χ3n) is 3.85. The first kappa shape index (κ1) is 13.3. The number of hydrogen-bond acceptors (Lipinski definition) is 6. The number of aliphatic hydroxyl groups excluding tert-OH is 1. The standard InChI is InChI=1S/C13H15N3O3S/c17-7-9-3-5-15(6-4-9)10-1-2-11-12(14-8-20-11)13(10)16(18)19/h1-2,8-9,17H,3-7H2. The molecule has 2 aromatic rings. The quantitative estimate of drug-likeness (QED) is 0.694. The first-order valence-corrected chi connectivity index (χ1v) is 7.45. The second kappa shape index (κ2) is 5.34. The predicted octanol–water partition coefficient (Wildman–Crippen LogP) is 2.41. The zero-order valence-electron chi connectivity index (χ0n) is 10.9. The van der Waals surface area contributed by atoms with Crippen molar-refractivity contribution >= 4 is 32.9 Å². The lowest BCUT2D eigenvalue weighted by atomic mass is 9.97. The number of hydrogen-bond donors (Lipinski definition) is 1. The van der Waals surface area contributed by atoms with Crippen molar-refractivity contribution in [2.24, 2.45) is 5.92 Å². The van der Waals surface area contributed by atoms with E-state index >= 15 is 0 Å². The summed E-state index contributed by atoms with van der Waals surface area (Å²) in [6.45, 7) is 1.67. The molecule has 6 nitrogen and oxygen atoms in total. The first-order chi connectivity index (χ1) is 9.70. The molecule has 3 rings (SSSR count). The molecule has 1 fully saturated rings. The average Bonchev–Trinajstić information content (AvgIpc) is 2.94. The molecule has 0 bridgehead atoms. The minimum absolute atomic E-state index is 0.103. The topological polar surface area (TPSA) is 79.5 Å². The van der Waals surface area contributed by atoms with Gasteiger partial charge in [-0.25, -0.2) is 4.98 Å². The van der Waals surface area contributed by atoms with E-state index in [0.717, 1.165) is 30.6 Å². The number of nitro groups is 1. The fourth-order valence-corrected chi connectivity index (χ4v) is 3.38. The largest absolute Gasteiger partial charge is 0.396 e. The summed E-state index contributed by atoms with van der Waals surface area (Å²) >= 11 is 1.41. The maximum absolute atomic E-state index is 11.4. The number of piperidine rings is 1. The van der Waals surface area contributed by atoms with E-state index in [1.54, 1.807) is 5.51 Å². The highest BCUT2D eigenvalue weighted by atomic mass is 32.1. The SMILES string of the molecule is O=[N+]([O-])c1c(N2CCC(CO)CC2)ccc2scnc12. The molecule has 0 aliphatic carbocycles. The minimum atomic E-state index is -0.338. The molecule has 1 N–H and O–H groups in total. The molecule has 0 radical (unpaired) electrons. The molecule has 20 heavy (non-hydrogen) atoms. The van der Waals surface area contributed by atoms with Gasteiger partial charge in [0.25, 0.3) is 0 Å². The number of benzene rings is 1. The Morgan fingerprint density at radius 1 is 1.45 bits per heavy atom. The number of fused-ring (bicyclic) bond motifs is 1. The fourth-order valence-electron chi connectivity index (χ4n) is 2.70. The van der Waals surface area contributed by atoms with Gasteiger partial charge in [0.2, 0.25) is 0 Å². The summed E-state index contributed by atoms with van der Waals surface area (Å²) in [7, 11) is 0. The molecule has 7 heteroatoms. The normalized spacial score (nSPS) is 16.8. The van der Waals surface area contributed by atoms with Crippen LogP contribution in [-0.2, 0) is 0 Å². The highest BCUT2D eigenvalue weighted by Crippen LogP contribution is 2.38. The Labute approximate surface area is 119 Å². The van der Waals surface area contributed by atoms with E-state index in [0.29, 0.717) is 17.1 Å². The summed E-state index contributed by atoms with van der Waals surface area (Å²) in [6.07, 6.45) is 1.73. The number of thiazole rings is 1. The minimum Gasteiger partial charge on any atom is -0.396 e. The van der Waals surface area contributed by atoms with Crippen molar-refractivity contribution in [3.8, 4) is 0 Å². The zero-order valence-corrected chi connectivity index (χ0v) is 11.7. The molecule has 1 aliphatic rings.